The molecule has 1 heterocycles. The molecule has 0 radical (unpaired) electrons. The van der Waals surface area contributed by atoms with E-state index in [1.807, 2.05) is 0 Å². The Kier molecular flexibility index (Phi) is 4.12. The van der Waals surface area contributed by atoms with Crippen LogP contribution < -0.4 is 4.90 Å². The number of rotatable bonds is 5. The van der Waals surface area contributed by atoms with Crippen molar-refractivity contribution in [2.24, 2.45) is 0 Å². The van der Waals surface area contributed by atoms with Gasteiger partial charge in [-0.25, -0.2) is 4.79 Å². The number of nitrogens with zero attached hydrogens (tertiary/aromatic N) is 3. The van der Waals surface area contributed by atoms with E-state index in [2.05, 4.69) is 4.98 Å². The number of hydrogen-bond donors (Lipinski definition) is 1. The number of aromatic carboxylic acids is 1. The Bertz CT molecular complexity index is 743. The van der Waals surface area contributed by atoms with E-state index >= 15 is 0 Å². The van der Waals surface area contributed by atoms with Gasteiger partial charge in [-0.2, -0.15) is 0 Å². The van der Waals surface area contributed by atoms with Gasteiger partial charge in [0.25, 0.3) is 5.69 Å². The molecule has 0 spiro atoms. The lowest BCUT2D eigenvalue weighted by Gasteiger charge is -2.17. The molecule has 22 heavy (non-hydrogen) atoms. The minimum atomic E-state index is -1.21. The van der Waals surface area contributed by atoms with Gasteiger partial charge in [0.2, 0.25) is 6.41 Å². The van der Waals surface area contributed by atoms with Crippen LogP contribution in [-0.4, -0.2) is 34.4 Å². The van der Waals surface area contributed by atoms with Crippen LogP contribution in [0.4, 0.5) is 11.4 Å². The van der Waals surface area contributed by atoms with E-state index in [4.69, 9.17) is 0 Å². The van der Waals surface area contributed by atoms with Crippen molar-refractivity contribution in [3.8, 4) is 11.1 Å². The third-order valence-electron chi connectivity index (χ3n) is 3.06. The lowest BCUT2D eigenvalue weighted by atomic mass is 9.99. The van der Waals surface area contributed by atoms with E-state index in [9.17, 15) is 24.8 Å². The molecule has 0 aliphatic heterocycles. The summed E-state index contributed by atoms with van der Waals surface area (Å²) in [4.78, 5) is 37.5. The number of amides is 1. The number of carboxylic acid groups (broad SMARTS) is 1. The molecule has 0 atom stereocenters. The number of carbonyl (C=O) groups is 2. The van der Waals surface area contributed by atoms with Crippen molar-refractivity contribution in [3.05, 3.63) is 52.3 Å². The molecule has 0 aliphatic rings. The van der Waals surface area contributed by atoms with Crippen LogP contribution in [0, 0.1) is 10.1 Å². The predicted molar refractivity (Wildman–Crippen MR) is 77.8 cm³/mol. The fourth-order valence-corrected chi connectivity index (χ4v) is 1.99. The van der Waals surface area contributed by atoms with Crippen molar-refractivity contribution >= 4 is 23.8 Å². The average Bonchev–Trinajstić information content (AvgIpc) is 2.53. The topological polar surface area (TPSA) is 114 Å². The number of pyridine rings is 1. The monoisotopic (exact) mass is 301 g/mol. The van der Waals surface area contributed by atoms with Crippen molar-refractivity contribution in [3.63, 3.8) is 0 Å². The second-order valence-electron chi connectivity index (χ2n) is 4.41. The number of hydrogen-bond acceptors (Lipinski definition) is 5. The van der Waals surface area contributed by atoms with Crippen molar-refractivity contribution in [1.29, 1.82) is 0 Å². The number of non-ortho nitro benzene ring substituents is 1. The quantitative estimate of drug-likeness (QED) is 0.513. The molecule has 1 aromatic carbocycles. The van der Waals surface area contributed by atoms with E-state index in [-0.39, 0.29) is 16.8 Å². The molecular weight excluding hydrogens is 290 g/mol. The zero-order valence-corrected chi connectivity index (χ0v) is 11.5. The molecule has 8 nitrogen and oxygen atoms in total. The average molecular weight is 301 g/mol. The van der Waals surface area contributed by atoms with Crippen molar-refractivity contribution in [2.75, 3.05) is 11.9 Å². The molecule has 8 heteroatoms. The Morgan fingerprint density at radius 2 is 1.95 bits per heavy atom. The number of carbonyl (C=O) groups excluding carboxylic acids is 1. The summed E-state index contributed by atoms with van der Waals surface area (Å²) in [6, 6.07) is 5.41. The maximum atomic E-state index is 11.4. The third kappa shape index (κ3) is 2.75. The number of nitro benzene ring substituents is 1. The minimum Gasteiger partial charge on any atom is -0.478 e. The molecule has 2 aromatic rings. The molecule has 112 valence electrons. The summed E-state index contributed by atoms with van der Waals surface area (Å²) in [6.45, 7) is 0. The lowest BCUT2D eigenvalue weighted by Crippen LogP contribution is -2.16. The molecule has 0 unspecified atom stereocenters. The van der Waals surface area contributed by atoms with E-state index in [1.165, 1.54) is 48.6 Å². The summed E-state index contributed by atoms with van der Waals surface area (Å²) in [5.41, 5.74) is 0.796. The number of anilines is 1. The molecule has 1 aromatic heterocycles. The SMILES string of the molecule is CN(C=O)c1cncc(C(=O)O)c1-c1ccc([N+](=O)[O-])cc1. The summed E-state index contributed by atoms with van der Waals surface area (Å²) >= 11 is 0. The maximum Gasteiger partial charge on any atom is 0.337 e. The zero-order chi connectivity index (χ0) is 16.3. The Morgan fingerprint density at radius 1 is 1.32 bits per heavy atom. The van der Waals surface area contributed by atoms with E-state index < -0.39 is 10.9 Å². The highest BCUT2D eigenvalue weighted by Crippen LogP contribution is 2.33. The molecule has 0 fully saturated rings. The zero-order valence-electron chi connectivity index (χ0n) is 11.5. The predicted octanol–water partition coefficient (Wildman–Crippen LogP) is 1.95. The normalized spacial score (nSPS) is 10.0. The molecule has 1 amide bonds. The Labute approximate surface area is 124 Å². The molecule has 1 N–H and O–H groups in total. The highest BCUT2D eigenvalue weighted by Gasteiger charge is 2.19. The van der Waals surface area contributed by atoms with Crippen molar-refractivity contribution < 1.29 is 19.6 Å². The minimum absolute atomic E-state index is 0.0972. The van der Waals surface area contributed by atoms with Crippen molar-refractivity contribution in [2.45, 2.75) is 0 Å². The summed E-state index contributed by atoms with van der Waals surface area (Å²) in [5.74, 6) is -1.21. The maximum absolute atomic E-state index is 11.4. The molecule has 0 saturated carbocycles. The smallest absolute Gasteiger partial charge is 0.337 e. The second-order valence-corrected chi connectivity index (χ2v) is 4.41. The van der Waals surface area contributed by atoms with Gasteiger partial charge in [0.1, 0.15) is 0 Å². The first-order valence-corrected chi connectivity index (χ1v) is 6.10. The van der Waals surface area contributed by atoms with Crippen LogP contribution in [0.5, 0.6) is 0 Å². The van der Waals surface area contributed by atoms with Crippen LogP contribution in [0.3, 0.4) is 0 Å². The summed E-state index contributed by atoms with van der Waals surface area (Å²) in [5, 5.41) is 20.0. The van der Waals surface area contributed by atoms with Gasteiger partial charge >= 0.3 is 5.97 Å². The molecule has 2 rings (SSSR count). The van der Waals surface area contributed by atoms with E-state index in [1.54, 1.807) is 0 Å². The molecular formula is C14H11N3O5. The third-order valence-corrected chi connectivity index (χ3v) is 3.06. The lowest BCUT2D eigenvalue weighted by molar-refractivity contribution is -0.384. The van der Waals surface area contributed by atoms with Gasteiger partial charge in [-0.3, -0.25) is 19.9 Å². The highest BCUT2D eigenvalue weighted by atomic mass is 16.6. The van der Waals surface area contributed by atoms with Gasteiger partial charge in [0, 0.05) is 30.9 Å². The Hall–Kier alpha value is -3.29. The van der Waals surface area contributed by atoms with Gasteiger partial charge in [-0.15, -0.1) is 0 Å². The van der Waals surface area contributed by atoms with E-state index in [0.717, 1.165) is 0 Å². The Morgan fingerprint density at radius 3 is 2.45 bits per heavy atom. The Balaban J connectivity index is 2.68. The fourth-order valence-electron chi connectivity index (χ4n) is 1.99. The molecule has 0 saturated heterocycles. The van der Waals surface area contributed by atoms with Gasteiger partial charge in [0.05, 0.1) is 22.4 Å². The number of carboxylic acids is 1. The summed E-state index contributed by atoms with van der Waals surface area (Å²) in [7, 11) is 1.46. The van der Waals surface area contributed by atoms with Crippen LogP contribution in [-0.2, 0) is 4.79 Å². The first-order valence-electron chi connectivity index (χ1n) is 6.10. The van der Waals surface area contributed by atoms with E-state index in [0.29, 0.717) is 17.7 Å². The van der Waals surface area contributed by atoms with Crippen molar-refractivity contribution in [1.82, 2.24) is 4.98 Å². The summed E-state index contributed by atoms with van der Waals surface area (Å²) in [6.07, 6.45) is 3.05. The second kappa shape index (κ2) is 6.00. The van der Waals surface area contributed by atoms with Crippen LogP contribution in [0.2, 0.25) is 0 Å². The first kappa shape index (κ1) is 15.1. The van der Waals surface area contributed by atoms with Gasteiger partial charge in [-0.05, 0) is 17.7 Å². The van der Waals surface area contributed by atoms with Gasteiger partial charge < -0.3 is 10.0 Å². The largest absolute Gasteiger partial charge is 0.478 e. The van der Waals surface area contributed by atoms with Crippen LogP contribution in [0.15, 0.2) is 36.7 Å². The summed E-state index contributed by atoms with van der Waals surface area (Å²) < 4.78 is 0. The van der Waals surface area contributed by atoms with Gasteiger partial charge in [-0.1, -0.05) is 0 Å². The highest BCUT2D eigenvalue weighted by molar-refractivity contribution is 6.01. The van der Waals surface area contributed by atoms with Crippen LogP contribution >= 0.6 is 0 Å². The molecule has 0 bridgehead atoms. The van der Waals surface area contributed by atoms with Crippen LogP contribution in [0.25, 0.3) is 11.1 Å². The number of nitro groups is 1. The standard InChI is InChI=1S/C14H11N3O5/c1-16(8-18)12-7-15-6-11(14(19)20)13(12)9-2-4-10(5-3-9)17(21)22/h2-8H,1H3,(H,19,20). The fraction of sp³-hybridized carbons (Fsp3) is 0.0714. The number of benzene rings is 1. The van der Waals surface area contributed by atoms with Gasteiger partial charge in [0.15, 0.2) is 0 Å². The van der Waals surface area contributed by atoms with Crippen LogP contribution in [0.1, 0.15) is 10.4 Å². The first-order chi connectivity index (χ1) is 10.5. The molecule has 0 aliphatic carbocycles. The number of aromatic nitrogens is 1.